The smallest absolute Gasteiger partial charge is 0.0518 e. The average Bonchev–Trinajstić information content (AvgIpc) is 2.53. The molecule has 0 aliphatic rings. The monoisotopic (exact) mass is 277 g/mol. The molecule has 0 spiro atoms. The second kappa shape index (κ2) is 6.04. The number of nitrogens with zero attached hydrogens (tertiary/aromatic N) is 1. The van der Waals surface area contributed by atoms with E-state index in [9.17, 15) is 0 Å². The van der Waals surface area contributed by atoms with Crippen molar-refractivity contribution in [2.75, 3.05) is 0 Å². The standard InChI is InChI=1S/C18H19N3/c1-13-9-10-20-12-17(13)18(21-19)11-15-7-4-6-14-5-2-3-8-16(14)15/h2-10,12,18,21H,11,19H2,1H3. The fourth-order valence-corrected chi connectivity index (χ4v) is 2.79. The molecule has 3 nitrogen and oxygen atoms in total. The number of aryl methyl sites for hydroxylation is 1. The SMILES string of the molecule is Cc1ccncc1C(Cc1cccc2ccccc12)NN. The minimum Gasteiger partial charge on any atom is -0.271 e. The van der Waals surface area contributed by atoms with Gasteiger partial charge in [0.2, 0.25) is 0 Å². The van der Waals surface area contributed by atoms with Crippen molar-refractivity contribution < 1.29 is 0 Å². The molecule has 1 heterocycles. The van der Waals surface area contributed by atoms with Gasteiger partial charge in [-0.25, -0.2) is 0 Å². The van der Waals surface area contributed by atoms with Gasteiger partial charge in [0.05, 0.1) is 6.04 Å². The van der Waals surface area contributed by atoms with Crippen molar-refractivity contribution in [3.05, 3.63) is 77.6 Å². The van der Waals surface area contributed by atoms with Crippen LogP contribution in [0.2, 0.25) is 0 Å². The number of hydrogen-bond acceptors (Lipinski definition) is 3. The molecule has 0 aliphatic carbocycles. The number of fused-ring (bicyclic) bond motifs is 1. The Morgan fingerprint density at radius 3 is 2.71 bits per heavy atom. The van der Waals surface area contributed by atoms with E-state index in [0.29, 0.717) is 0 Å². The first-order valence-corrected chi connectivity index (χ1v) is 7.13. The molecule has 3 rings (SSSR count). The molecule has 3 N–H and O–H groups in total. The van der Waals surface area contributed by atoms with Gasteiger partial charge in [0.15, 0.2) is 0 Å². The van der Waals surface area contributed by atoms with Gasteiger partial charge in [-0.1, -0.05) is 42.5 Å². The molecule has 106 valence electrons. The lowest BCUT2D eigenvalue weighted by Crippen LogP contribution is -2.30. The van der Waals surface area contributed by atoms with Crippen molar-refractivity contribution >= 4 is 10.8 Å². The summed E-state index contributed by atoms with van der Waals surface area (Å²) in [5, 5.41) is 2.54. The average molecular weight is 277 g/mol. The number of aromatic nitrogens is 1. The van der Waals surface area contributed by atoms with E-state index in [1.54, 1.807) is 0 Å². The Labute approximate surface area is 124 Å². The summed E-state index contributed by atoms with van der Waals surface area (Å²) in [6, 6.07) is 16.9. The zero-order valence-electron chi connectivity index (χ0n) is 12.1. The molecule has 0 amide bonds. The van der Waals surface area contributed by atoms with Gasteiger partial charge in [0.1, 0.15) is 0 Å². The van der Waals surface area contributed by atoms with Crippen LogP contribution in [0.1, 0.15) is 22.7 Å². The molecule has 1 atom stereocenters. The highest BCUT2D eigenvalue weighted by molar-refractivity contribution is 5.85. The summed E-state index contributed by atoms with van der Waals surface area (Å²) in [5.74, 6) is 5.79. The van der Waals surface area contributed by atoms with Gasteiger partial charge in [-0.2, -0.15) is 0 Å². The number of benzene rings is 2. The Kier molecular flexibility index (Phi) is 3.95. The summed E-state index contributed by atoms with van der Waals surface area (Å²) in [7, 11) is 0. The number of rotatable bonds is 4. The summed E-state index contributed by atoms with van der Waals surface area (Å²) in [4.78, 5) is 4.22. The van der Waals surface area contributed by atoms with Crippen molar-refractivity contribution in [1.29, 1.82) is 0 Å². The predicted octanol–water partition coefficient (Wildman–Crippen LogP) is 3.29. The fraction of sp³-hybridized carbons (Fsp3) is 0.167. The van der Waals surface area contributed by atoms with Crippen LogP contribution >= 0.6 is 0 Å². The lowest BCUT2D eigenvalue weighted by atomic mass is 9.94. The normalized spacial score (nSPS) is 12.5. The van der Waals surface area contributed by atoms with E-state index >= 15 is 0 Å². The molecule has 0 fully saturated rings. The second-order valence-electron chi connectivity index (χ2n) is 5.29. The third-order valence-electron chi connectivity index (χ3n) is 3.96. The number of nitrogens with one attached hydrogen (secondary N) is 1. The van der Waals surface area contributed by atoms with Crippen LogP contribution in [-0.4, -0.2) is 4.98 Å². The lowest BCUT2D eigenvalue weighted by Gasteiger charge is -2.19. The van der Waals surface area contributed by atoms with Crippen LogP contribution in [0.15, 0.2) is 60.9 Å². The summed E-state index contributed by atoms with van der Waals surface area (Å²) in [6.45, 7) is 2.09. The summed E-state index contributed by atoms with van der Waals surface area (Å²) < 4.78 is 0. The van der Waals surface area contributed by atoms with Gasteiger partial charge in [0, 0.05) is 12.4 Å². The quantitative estimate of drug-likeness (QED) is 0.568. The van der Waals surface area contributed by atoms with Crippen LogP contribution < -0.4 is 11.3 Å². The fourth-order valence-electron chi connectivity index (χ4n) is 2.79. The molecule has 0 bridgehead atoms. The zero-order valence-corrected chi connectivity index (χ0v) is 12.1. The third kappa shape index (κ3) is 2.79. The summed E-state index contributed by atoms with van der Waals surface area (Å²) in [5.41, 5.74) is 6.57. The highest BCUT2D eigenvalue weighted by Crippen LogP contribution is 2.25. The number of hydrazine groups is 1. The maximum atomic E-state index is 5.79. The van der Waals surface area contributed by atoms with E-state index in [4.69, 9.17) is 5.84 Å². The predicted molar refractivity (Wildman–Crippen MR) is 86.7 cm³/mol. The van der Waals surface area contributed by atoms with Gasteiger partial charge in [0.25, 0.3) is 0 Å². The van der Waals surface area contributed by atoms with Crippen molar-refractivity contribution in [3.8, 4) is 0 Å². The Morgan fingerprint density at radius 2 is 1.90 bits per heavy atom. The van der Waals surface area contributed by atoms with E-state index in [-0.39, 0.29) is 6.04 Å². The largest absolute Gasteiger partial charge is 0.271 e. The van der Waals surface area contributed by atoms with Crippen LogP contribution in [0.25, 0.3) is 10.8 Å². The van der Waals surface area contributed by atoms with Crippen molar-refractivity contribution in [1.82, 2.24) is 10.4 Å². The zero-order chi connectivity index (χ0) is 14.7. The third-order valence-corrected chi connectivity index (χ3v) is 3.96. The topological polar surface area (TPSA) is 50.9 Å². The number of nitrogens with two attached hydrogens (primary N) is 1. The molecule has 0 saturated carbocycles. The van der Waals surface area contributed by atoms with Crippen LogP contribution in [0.3, 0.4) is 0 Å². The molecule has 3 heteroatoms. The molecule has 3 aromatic rings. The lowest BCUT2D eigenvalue weighted by molar-refractivity contribution is 0.549. The molecule has 2 aromatic carbocycles. The number of hydrogen-bond donors (Lipinski definition) is 2. The van der Waals surface area contributed by atoms with Gasteiger partial charge >= 0.3 is 0 Å². The van der Waals surface area contributed by atoms with Gasteiger partial charge in [-0.15, -0.1) is 0 Å². The highest BCUT2D eigenvalue weighted by atomic mass is 15.2. The first-order chi connectivity index (χ1) is 10.3. The van der Waals surface area contributed by atoms with Crippen molar-refractivity contribution in [2.45, 2.75) is 19.4 Å². The molecule has 0 radical (unpaired) electrons. The molecule has 21 heavy (non-hydrogen) atoms. The molecule has 0 aliphatic heterocycles. The van der Waals surface area contributed by atoms with E-state index in [1.807, 2.05) is 18.5 Å². The highest BCUT2D eigenvalue weighted by Gasteiger charge is 2.14. The van der Waals surface area contributed by atoms with E-state index in [2.05, 4.69) is 59.8 Å². The van der Waals surface area contributed by atoms with Crippen LogP contribution in [0.4, 0.5) is 0 Å². The maximum Gasteiger partial charge on any atom is 0.0518 e. The first-order valence-electron chi connectivity index (χ1n) is 7.13. The van der Waals surface area contributed by atoms with Gasteiger partial charge in [-0.05, 0) is 46.9 Å². The summed E-state index contributed by atoms with van der Waals surface area (Å²) >= 11 is 0. The maximum absolute atomic E-state index is 5.79. The van der Waals surface area contributed by atoms with Crippen LogP contribution in [0.5, 0.6) is 0 Å². The second-order valence-corrected chi connectivity index (χ2v) is 5.29. The van der Waals surface area contributed by atoms with E-state index in [0.717, 1.165) is 12.0 Å². The van der Waals surface area contributed by atoms with E-state index in [1.165, 1.54) is 21.9 Å². The van der Waals surface area contributed by atoms with Gasteiger partial charge < -0.3 is 0 Å². The van der Waals surface area contributed by atoms with Crippen LogP contribution in [0, 0.1) is 6.92 Å². The first kappa shape index (κ1) is 13.7. The Hall–Kier alpha value is -2.23. The Morgan fingerprint density at radius 1 is 1.10 bits per heavy atom. The van der Waals surface area contributed by atoms with Gasteiger partial charge in [-0.3, -0.25) is 16.3 Å². The minimum absolute atomic E-state index is 0.0597. The Balaban J connectivity index is 1.98. The Bertz CT molecular complexity index is 747. The molecular weight excluding hydrogens is 258 g/mol. The van der Waals surface area contributed by atoms with Crippen LogP contribution in [-0.2, 0) is 6.42 Å². The molecule has 0 saturated heterocycles. The van der Waals surface area contributed by atoms with Crippen molar-refractivity contribution in [3.63, 3.8) is 0 Å². The number of pyridine rings is 1. The molecule has 1 unspecified atom stereocenters. The molecule has 1 aromatic heterocycles. The van der Waals surface area contributed by atoms with Crippen molar-refractivity contribution in [2.24, 2.45) is 5.84 Å². The molecular formula is C18H19N3. The van der Waals surface area contributed by atoms with E-state index < -0.39 is 0 Å². The minimum atomic E-state index is 0.0597. The summed E-state index contributed by atoms with van der Waals surface area (Å²) in [6.07, 6.45) is 4.54.